The van der Waals surface area contributed by atoms with Crippen LogP contribution in [0.25, 0.3) is 20.8 Å². The van der Waals surface area contributed by atoms with E-state index in [4.69, 9.17) is 0 Å². The average Bonchev–Trinajstić information content (AvgIpc) is 3.47. The average molecular weight is 682 g/mol. The van der Waals surface area contributed by atoms with Crippen LogP contribution < -0.4 is 98.8 Å². The Kier molecular flexibility index (Phi) is 13.2. The first-order chi connectivity index (χ1) is 19.2. The minimum absolute atomic E-state index is 0. The zero-order chi connectivity index (χ0) is 29.7. The Morgan fingerprint density at radius 2 is 1.52 bits per heavy atom. The molecule has 1 amide bonds. The molecule has 0 bridgehead atoms. The van der Waals surface area contributed by atoms with Crippen molar-refractivity contribution in [3.8, 4) is 10.6 Å². The summed E-state index contributed by atoms with van der Waals surface area (Å²) in [4.78, 5) is 28.0. The van der Waals surface area contributed by atoms with E-state index in [0.29, 0.717) is 26.7 Å². The van der Waals surface area contributed by atoms with E-state index >= 15 is 0 Å². The second kappa shape index (κ2) is 15.0. The van der Waals surface area contributed by atoms with Crippen LogP contribution in [0.2, 0.25) is 0 Å². The summed E-state index contributed by atoms with van der Waals surface area (Å²) in [6.45, 7) is 1.52. The quantitative estimate of drug-likeness (QED) is 0.102. The number of hydrogen-bond acceptors (Lipinski definition) is 14. The molecule has 1 atom stereocenters. The third-order valence-electron chi connectivity index (χ3n) is 5.85. The molecule has 1 aliphatic heterocycles. The Labute approximate surface area is 321 Å². The summed E-state index contributed by atoms with van der Waals surface area (Å²) in [6.07, 6.45) is 0. The van der Waals surface area contributed by atoms with E-state index in [1.165, 1.54) is 25.1 Å². The van der Waals surface area contributed by atoms with Gasteiger partial charge in [-0.2, -0.15) is 20.3 Å². The number of azo groups is 1. The molecule has 0 N–H and O–H groups in total. The fourth-order valence-electron chi connectivity index (χ4n) is 3.94. The van der Waals surface area contributed by atoms with Gasteiger partial charge in [0.15, 0.2) is 6.04 Å². The molecule has 0 radical (unpaired) electrons. The molecule has 1 aromatic heterocycles. The molecule has 44 heavy (non-hydrogen) atoms. The monoisotopic (exact) mass is 681 g/mol. The first kappa shape index (κ1) is 38.8. The maximum absolute atomic E-state index is 12.9. The van der Waals surface area contributed by atoms with E-state index in [9.17, 15) is 40.6 Å². The van der Waals surface area contributed by atoms with Crippen molar-refractivity contribution in [2.24, 2.45) is 15.3 Å². The summed E-state index contributed by atoms with van der Waals surface area (Å²) in [5.74, 6) is -2.68. The van der Waals surface area contributed by atoms with Crippen molar-refractivity contribution in [3.05, 3.63) is 66.2 Å². The van der Waals surface area contributed by atoms with Crippen molar-refractivity contribution in [2.75, 3.05) is 5.01 Å². The van der Waals surface area contributed by atoms with Crippen LogP contribution >= 0.6 is 11.3 Å². The summed E-state index contributed by atoms with van der Waals surface area (Å²) < 4.78 is 68.9. The van der Waals surface area contributed by atoms with Gasteiger partial charge in [0.1, 0.15) is 31.0 Å². The molecule has 20 heteroatoms. The SMILES string of the molecule is Cc1ccc2nc(-c3ccc(N=NC4C(=O)N(c5ccc(S(=O)(=O)[O-])cc5)N=C4C(=O)[O-])cc3)sc2c1S(=O)(=O)[O-].[Na+].[Na+].[Na+]. The topological polar surface area (TPSA) is 225 Å². The molecule has 2 heterocycles. The summed E-state index contributed by atoms with van der Waals surface area (Å²) in [7, 11) is -9.46. The molecule has 0 fully saturated rings. The zero-order valence-corrected chi connectivity index (χ0v) is 31.9. The van der Waals surface area contributed by atoms with E-state index < -0.39 is 48.8 Å². The third-order valence-corrected chi connectivity index (χ3v) is 8.99. The first-order valence-electron chi connectivity index (χ1n) is 11.3. The number of aliphatic carboxylic acids is 1. The number of aromatic nitrogens is 1. The van der Waals surface area contributed by atoms with E-state index in [1.807, 2.05) is 0 Å². The molecule has 5 rings (SSSR count). The van der Waals surface area contributed by atoms with Gasteiger partial charge in [-0.3, -0.25) is 4.79 Å². The van der Waals surface area contributed by atoms with E-state index in [1.54, 1.807) is 18.2 Å². The van der Waals surface area contributed by atoms with Crippen LogP contribution in [-0.2, 0) is 29.8 Å². The second-order valence-electron chi connectivity index (χ2n) is 8.57. The molecule has 0 aliphatic carbocycles. The third kappa shape index (κ3) is 8.10. The van der Waals surface area contributed by atoms with Crippen LogP contribution in [0.1, 0.15) is 5.56 Å². The number of nitrogens with zero attached hydrogens (tertiary/aromatic N) is 5. The Balaban J connectivity index is 0.00000225. The van der Waals surface area contributed by atoms with Crippen molar-refractivity contribution in [1.82, 2.24) is 4.98 Å². The fraction of sp³-hybridized carbons (Fsp3) is 0.0833. The predicted molar refractivity (Wildman–Crippen MR) is 140 cm³/mol. The van der Waals surface area contributed by atoms with Gasteiger partial charge < -0.3 is 19.0 Å². The van der Waals surface area contributed by atoms with Gasteiger partial charge in [-0.05, 0) is 67.1 Å². The van der Waals surface area contributed by atoms with Gasteiger partial charge in [-0.25, -0.2) is 21.8 Å². The molecule has 0 spiro atoms. The maximum Gasteiger partial charge on any atom is 1.00 e. The minimum Gasteiger partial charge on any atom is -0.744 e. The maximum atomic E-state index is 12.9. The molecule has 210 valence electrons. The summed E-state index contributed by atoms with van der Waals surface area (Å²) in [6, 6.07) is 11.7. The van der Waals surface area contributed by atoms with Gasteiger partial charge in [0.05, 0.1) is 37.4 Å². The van der Waals surface area contributed by atoms with Gasteiger partial charge in [-0.15, -0.1) is 11.3 Å². The standard InChI is InChI=1S/C24H17N5O9S3.3Na/c1-12-2-11-17-20(21(12)41(36,37)38)39-22(25-17)13-3-5-14(6-4-13)26-27-18-19(24(31)32)28-29(23(18)30)15-7-9-16(10-8-15)40(33,34)35;;;/h2-11,18H,1H3,(H,31,32)(H,33,34,35)(H,36,37,38);;;/q;3*+1/p-3. The molecule has 1 aliphatic rings. The molecular weight excluding hydrogens is 667 g/mol. The number of thiazole rings is 1. The molecule has 3 aromatic carbocycles. The van der Waals surface area contributed by atoms with Gasteiger partial charge in [-0.1, -0.05) is 6.07 Å². The molecule has 1 unspecified atom stereocenters. The van der Waals surface area contributed by atoms with Crippen LogP contribution in [0.3, 0.4) is 0 Å². The van der Waals surface area contributed by atoms with E-state index in [0.717, 1.165) is 35.6 Å². The number of hydrogen-bond donors (Lipinski definition) is 0. The van der Waals surface area contributed by atoms with Gasteiger partial charge >= 0.3 is 88.7 Å². The number of fused-ring (bicyclic) bond motifs is 1. The van der Waals surface area contributed by atoms with Crippen molar-refractivity contribution in [1.29, 1.82) is 0 Å². The number of aryl methyl sites for hydroxylation is 1. The van der Waals surface area contributed by atoms with Crippen molar-refractivity contribution < 1.29 is 129 Å². The Morgan fingerprint density at radius 1 is 0.909 bits per heavy atom. The molecule has 14 nitrogen and oxygen atoms in total. The van der Waals surface area contributed by atoms with Crippen molar-refractivity contribution in [2.45, 2.75) is 22.8 Å². The van der Waals surface area contributed by atoms with Crippen LogP contribution in [0.15, 0.2) is 85.8 Å². The number of benzene rings is 3. The Morgan fingerprint density at radius 3 is 2.07 bits per heavy atom. The number of carboxylic acid groups (broad SMARTS) is 1. The first-order valence-corrected chi connectivity index (χ1v) is 14.9. The normalized spacial score (nSPS) is 15.0. The number of amides is 1. The number of carbonyl (C=O) groups is 2. The minimum atomic E-state index is -4.74. The second-order valence-corrected chi connectivity index (χ2v) is 12.3. The van der Waals surface area contributed by atoms with Gasteiger partial charge in [0.25, 0.3) is 5.91 Å². The van der Waals surface area contributed by atoms with Gasteiger partial charge in [0.2, 0.25) is 0 Å². The van der Waals surface area contributed by atoms with E-state index in [2.05, 4.69) is 20.3 Å². The summed E-state index contributed by atoms with van der Waals surface area (Å²) in [5, 5.41) is 24.2. The van der Waals surface area contributed by atoms with Crippen LogP contribution in [0.5, 0.6) is 0 Å². The summed E-state index contributed by atoms with van der Waals surface area (Å²) >= 11 is 1.03. The number of carboxylic acids is 1. The van der Waals surface area contributed by atoms with Crippen LogP contribution in [-0.4, -0.2) is 54.6 Å². The molecular formula is C24H14N5Na3O9S3. The van der Waals surface area contributed by atoms with Crippen molar-refractivity contribution >= 4 is 70.8 Å². The smallest absolute Gasteiger partial charge is 0.744 e. The van der Waals surface area contributed by atoms with Crippen LogP contribution in [0.4, 0.5) is 11.4 Å². The zero-order valence-electron chi connectivity index (χ0n) is 23.5. The summed E-state index contributed by atoms with van der Waals surface area (Å²) in [5.41, 5.74) is 0.706. The van der Waals surface area contributed by atoms with Gasteiger partial charge in [0, 0.05) is 5.56 Å². The fourth-order valence-corrected chi connectivity index (χ4v) is 6.69. The Hall–Kier alpha value is -1.42. The van der Waals surface area contributed by atoms with Crippen LogP contribution in [0, 0.1) is 6.92 Å². The van der Waals surface area contributed by atoms with Crippen molar-refractivity contribution in [3.63, 3.8) is 0 Å². The largest absolute Gasteiger partial charge is 1.00 e. The number of rotatable bonds is 7. The molecule has 0 saturated carbocycles. The predicted octanol–water partition coefficient (Wildman–Crippen LogP) is -7.30. The molecule has 0 saturated heterocycles. The number of hydrazone groups is 1. The number of anilines is 1. The number of carbonyl (C=O) groups excluding carboxylic acids is 2. The Bertz CT molecular complexity index is 2020. The van der Waals surface area contributed by atoms with E-state index in [-0.39, 0.29) is 110 Å². The molecule has 4 aromatic rings.